The number of carbonyl (C=O) groups excluding carboxylic acids is 3. The molecule has 0 radical (unpaired) electrons. The third-order valence-corrected chi connectivity index (χ3v) is 9.25. The van der Waals surface area contributed by atoms with Gasteiger partial charge in [-0.1, -0.05) is 60.7 Å². The van der Waals surface area contributed by atoms with Gasteiger partial charge in [-0.25, -0.2) is 13.6 Å². The maximum absolute atomic E-state index is 13.5. The molecule has 0 fully saturated rings. The maximum atomic E-state index is 13.5. The Morgan fingerprint density at radius 3 is 1.96 bits per heavy atom. The molecule has 5 N–H and O–H groups in total. The molecule has 50 heavy (non-hydrogen) atoms. The second-order valence-electron chi connectivity index (χ2n) is 11.0. The number of thioether (sulfide) groups is 1. The van der Waals surface area contributed by atoms with Crippen LogP contribution in [0.25, 0.3) is 6.08 Å². The minimum absolute atomic E-state index is 0.0395. The van der Waals surface area contributed by atoms with Gasteiger partial charge >= 0.3 is 0 Å². The summed E-state index contributed by atoms with van der Waals surface area (Å²) in [5.74, 6) is -0.584. The van der Waals surface area contributed by atoms with Gasteiger partial charge in [-0.2, -0.15) is 0 Å². The Kier molecular flexibility index (Phi) is 11.8. The van der Waals surface area contributed by atoms with Crippen LogP contribution in [0.2, 0.25) is 0 Å². The smallest absolute Gasteiger partial charge is 0.272 e. The normalized spacial score (nSPS) is 12.0. The Balaban J connectivity index is 1.23. The molecule has 12 heteroatoms. The third-order valence-electron chi connectivity index (χ3n) is 7.21. The van der Waals surface area contributed by atoms with Crippen LogP contribution in [0.15, 0.2) is 149 Å². The predicted molar refractivity (Wildman–Crippen MR) is 196 cm³/mol. The van der Waals surface area contributed by atoms with E-state index in [0.717, 1.165) is 10.5 Å². The number of amides is 3. The molecule has 0 heterocycles. The number of sulfonamides is 1. The highest BCUT2D eigenvalue weighted by atomic mass is 32.2. The van der Waals surface area contributed by atoms with E-state index in [1.807, 2.05) is 30.3 Å². The van der Waals surface area contributed by atoms with E-state index in [0.29, 0.717) is 34.9 Å². The van der Waals surface area contributed by atoms with Crippen LogP contribution in [0.5, 0.6) is 5.75 Å². The Labute approximate surface area is 294 Å². The first kappa shape index (κ1) is 35.6. The summed E-state index contributed by atoms with van der Waals surface area (Å²) < 4.78 is 28.8. The summed E-state index contributed by atoms with van der Waals surface area (Å²) in [6, 6.07) is 38.1. The zero-order valence-electron chi connectivity index (χ0n) is 26.9. The summed E-state index contributed by atoms with van der Waals surface area (Å²) >= 11 is 1.30. The fraction of sp³-hybridized carbons (Fsp3) is 0.0789. The maximum Gasteiger partial charge on any atom is 0.272 e. The van der Waals surface area contributed by atoms with Gasteiger partial charge in [0.2, 0.25) is 15.9 Å². The summed E-state index contributed by atoms with van der Waals surface area (Å²) in [6.07, 6.45) is 1.59. The Bertz CT molecular complexity index is 2070. The molecule has 254 valence electrons. The van der Waals surface area contributed by atoms with Crippen molar-refractivity contribution in [2.75, 3.05) is 10.6 Å². The molecule has 3 amide bonds. The minimum atomic E-state index is -3.83. The van der Waals surface area contributed by atoms with Gasteiger partial charge in [-0.3, -0.25) is 14.4 Å². The number of anilines is 2. The number of nitrogens with one attached hydrogen (secondary N) is 3. The summed E-state index contributed by atoms with van der Waals surface area (Å²) in [5, 5.41) is 13.0. The van der Waals surface area contributed by atoms with E-state index >= 15 is 0 Å². The van der Waals surface area contributed by atoms with Gasteiger partial charge in [0, 0.05) is 21.8 Å². The molecular weight excluding hydrogens is 673 g/mol. The van der Waals surface area contributed by atoms with Gasteiger partial charge in [0.25, 0.3) is 11.8 Å². The fourth-order valence-corrected chi connectivity index (χ4v) is 5.94. The van der Waals surface area contributed by atoms with Crippen LogP contribution in [-0.4, -0.2) is 31.4 Å². The van der Waals surface area contributed by atoms with E-state index in [4.69, 9.17) is 9.88 Å². The number of nitrogens with two attached hydrogens (primary N) is 1. The quantitative estimate of drug-likeness (QED) is 0.0811. The molecule has 0 aliphatic carbocycles. The van der Waals surface area contributed by atoms with E-state index in [9.17, 15) is 22.8 Å². The van der Waals surface area contributed by atoms with Crippen LogP contribution in [0.3, 0.4) is 0 Å². The van der Waals surface area contributed by atoms with E-state index in [2.05, 4.69) is 16.0 Å². The largest absolute Gasteiger partial charge is 0.489 e. The second kappa shape index (κ2) is 16.6. The molecule has 1 atom stereocenters. The lowest BCUT2D eigenvalue weighted by Gasteiger charge is -2.14. The van der Waals surface area contributed by atoms with Crippen LogP contribution in [0.4, 0.5) is 11.4 Å². The molecule has 0 saturated carbocycles. The molecule has 0 aromatic heterocycles. The Morgan fingerprint density at radius 2 is 1.34 bits per heavy atom. The zero-order chi connectivity index (χ0) is 35.5. The van der Waals surface area contributed by atoms with Crippen LogP contribution in [-0.2, 0) is 26.2 Å². The van der Waals surface area contributed by atoms with Crippen molar-refractivity contribution in [1.29, 1.82) is 0 Å². The first-order chi connectivity index (χ1) is 24.0. The monoisotopic (exact) mass is 706 g/mol. The molecule has 0 bridgehead atoms. The van der Waals surface area contributed by atoms with E-state index in [-0.39, 0.29) is 16.5 Å². The van der Waals surface area contributed by atoms with Crippen molar-refractivity contribution < 1.29 is 27.5 Å². The average molecular weight is 707 g/mol. The van der Waals surface area contributed by atoms with Crippen molar-refractivity contribution in [3.63, 3.8) is 0 Å². The predicted octanol–water partition coefficient (Wildman–Crippen LogP) is 6.44. The van der Waals surface area contributed by atoms with Gasteiger partial charge in [0.15, 0.2) is 0 Å². The molecule has 5 aromatic carbocycles. The molecule has 0 spiro atoms. The molecule has 5 rings (SSSR count). The van der Waals surface area contributed by atoms with Crippen molar-refractivity contribution in [1.82, 2.24) is 5.32 Å². The number of benzene rings is 5. The van der Waals surface area contributed by atoms with Crippen molar-refractivity contribution in [3.8, 4) is 5.75 Å². The molecule has 1 unspecified atom stereocenters. The number of primary sulfonamides is 1. The lowest BCUT2D eigenvalue weighted by atomic mass is 10.1. The Morgan fingerprint density at radius 1 is 0.760 bits per heavy atom. The standard InChI is InChI=1S/C38H34N4O6S2/c1-26(36(43)40-31-16-22-34(23-17-31)50(39,46)47)49-33-20-14-30(15-21-33)41-38(45)35(42-37(44)29-10-6-3-7-11-29)24-27-12-18-32(19-13-27)48-25-28-8-4-2-5-9-28/h2-24,26H,25H2,1H3,(H,40,43)(H,41,45)(H,42,44)(H2,39,46,47)/b35-24-. The highest BCUT2D eigenvalue weighted by molar-refractivity contribution is 8.00. The van der Waals surface area contributed by atoms with Crippen LogP contribution in [0, 0.1) is 0 Å². The van der Waals surface area contributed by atoms with E-state index in [1.165, 1.54) is 36.0 Å². The van der Waals surface area contributed by atoms with Gasteiger partial charge in [0.1, 0.15) is 18.1 Å². The van der Waals surface area contributed by atoms with Crippen LogP contribution in [0.1, 0.15) is 28.4 Å². The first-order valence-corrected chi connectivity index (χ1v) is 17.8. The number of hydrogen-bond acceptors (Lipinski definition) is 7. The van der Waals surface area contributed by atoms with Crippen molar-refractivity contribution in [3.05, 3.63) is 156 Å². The fourth-order valence-electron chi connectivity index (χ4n) is 4.55. The summed E-state index contributed by atoms with van der Waals surface area (Å²) in [4.78, 5) is 40.0. The zero-order valence-corrected chi connectivity index (χ0v) is 28.5. The van der Waals surface area contributed by atoms with Crippen LogP contribution < -0.4 is 25.8 Å². The average Bonchev–Trinajstić information content (AvgIpc) is 3.12. The van der Waals surface area contributed by atoms with Gasteiger partial charge in [-0.15, -0.1) is 11.8 Å². The van der Waals surface area contributed by atoms with Gasteiger partial charge < -0.3 is 20.7 Å². The van der Waals surface area contributed by atoms with Crippen LogP contribution >= 0.6 is 11.8 Å². The number of hydrogen-bond donors (Lipinski definition) is 4. The third kappa shape index (κ3) is 10.4. The highest BCUT2D eigenvalue weighted by Gasteiger charge is 2.17. The molecule has 0 aliphatic heterocycles. The van der Waals surface area contributed by atoms with Crippen molar-refractivity contribution >= 4 is 57.0 Å². The van der Waals surface area contributed by atoms with E-state index in [1.54, 1.807) is 91.9 Å². The second-order valence-corrected chi connectivity index (χ2v) is 14.0. The summed E-state index contributed by atoms with van der Waals surface area (Å²) in [5.41, 5.74) is 3.07. The van der Waals surface area contributed by atoms with E-state index < -0.39 is 27.1 Å². The molecule has 5 aromatic rings. The highest BCUT2D eigenvalue weighted by Crippen LogP contribution is 2.26. The molecule has 10 nitrogen and oxygen atoms in total. The summed E-state index contributed by atoms with van der Waals surface area (Å²) in [7, 11) is -3.83. The molecule has 0 saturated heterocycles. The number of carbonyl (C=O) groups is 3. The summed E-state index contributed by atoms with van der Waals surface area (Å²) in [6.45, 7) is 2.16. The topological polar surface area (TPSA) is 157 Å². The van der Waals surface area contributed by atoms with Gasteiger partial charge in [-0.05, 0) is 96.9 Å². The number of rotatable bonds is 13. The first-order valence-electron chi connectivity index (χ1n) is 15.4. The lowest BCUT2D eigenvalue weighted by molar-refractivity contribution is -0.115. The molecular formula is C38H34N4O6S2. The number of ether oxygens (including phenoxy) is 1. The van der Waals surface area contributed by atoms with Gasteiger partial charge in [0.05, 0.1) is 10.1 Å². The van der Waals surface area contributed by atoms with Crippen molar-refractivity contribution in [2.24, 2.45) is 5.14 Å². The molecule has 0 aliphatic rings. The van der Waals surface area contributed by atoms with Crippen molar-refractivity contribution in [2.45, 2.75) is 28.6 Å². The lowest BCUT2D eigenvalue weighted by Crippen LogP contribution is -2.30. The SMILES string of the molecule is CC(Sc1ccc(NC(=O)/C(=C/c2ccc(OCc3ccccc3)cc2)NC(=O)c2ccccc2)cc1)C(=O)Nc1ccc(S(N)(=O)=O)cc1. The minimum Gasteiger partial charge on any atom is -0.489 e. The Hall–Kier alpha value is -5.69.